The molecule has 0 spiro atoms. The zero-order valence-electron chi connectivity index (χ0n) is 8.78. The molecule has 2 aromatic heterocycles. The van der Waals surface area contributed by atoms with Gasteiger partial charge in [0.05, 0.1) is 18.0 Å². The minimum Gasteiger partial charge on any atom is -0.298 e. The van der Waals surface area contributed by atoms with Gasteiger partial charge in [-0.3, -0.25) is 14.8 Å². The minimum atomic E-state index is -0.607. The molecule has 2 heterocycles. The maximum Gasteiger partial charge on any atom is 0.154 e. The Morgan fingerprint density at radius 1 is 1.06 bits per heavy atom. The van der Waals surface area contributed by atoms with E-state index in [0.29, 0.717) is 15.2 Å². The van der Waals surface area contributed by atoms with Crippen molar-refractivity contribution in [3.8, 4) is 0 Å². The molecule has 0 aromatic carbocycles. The molecule has 0 bridgehead atoms. The summed E-state index contributed by atoms with van der Waals surface area (Å²) in [7, 11) is 0. The van der Waals surface area contributed by atoms with E-state index in [2.05, 4.69) is 41.8 Å². The molecule has 2 aromatic rings. The zero-order valence-corrected chi connectivity index (χ0v) is 12.0. The van der Waals surface area contributed by atoms with E-state index in [4.69, 9.17) is 0 Å². The van der Waals surface area contributed by atoms with Crippen molar-refractivity contribution in [3.63, 3.8) is 0 Å². The topological polar surface area (TPSA) is 42.9 Å². The van der Waals surface area contributed by atoms with E-state index in [1.165, 1.54) is 18.5 Å². The van der Waals surface area contributed by atoms with Crippen LogP contribution in [0, 0.1) is 11.6 Å². The first-order chi connectivity index (χ1) is 8.54. The summed E-state index contributed by atoms with van der Waals surface area (Å²) in [5.41, 5.74) is 0.00926. The van der Waals surface area contributed by atoms with Crippen LogP contribution in [0.5, 0.6) is 0 Å². The van der Waals surface area contributed by atoms with E-state index < -0.39 is 5.82 Å². The lowest BCUT2D eigenvalue weighted by Gasteiger charge is -1.93. The van der Waals surface area contributed by atoms with Crippen molar-refractivity contribution >= 4 is 38.1 Å². The van der Waals surface area contributed by atoms with Crippen LogP contribution in [0.2, 0.25) is 0 Å². The molecule has 0 radical (unpaired) electrons. The third-order valence-corrected chi connectivity index (χ3v) is 2.75. The van der Waals surface area contributed by atoms with Crippen LogP contribution in [-0.2, 0) is 0 Å². The number of aldehydes is 1. The van der Waals surface area contributed by atoms with Crippen molar-refractivity contribution in [1.29, 1.82) is 0 Å². The summed E-state index contributed by atoms with van der Waals surface area (Å²) >= 11 is 6.03. The molecule has 0 aliphatic heterocycles. The van der Waals surface area contributed by atoms with Gasteiger partial charge in [0.15, 0.2) is 12.1 Å². The summed E-state index contributed by atoms with van der Waals surface area (Å²) in [6, 6.07) is 1.35. The predicted molar refractivity (Wildman–Crippen MR) is 69.2 cm³/mol. The number of nitrogens with zero attached hydrogens (tertiary/aromatic N) is 2. The molecule has 0 unspecified atom stereocenters. The summed E-state index contributed by atoms with van der Waals surface area (Å²) in [6.07, 6.45) is 5.50. The fourth-order valence-electron chi connectivity index (χ4n) is 0.920. The number of hydrogen-bond acceptors (Lipinski definition) is 3. The van der Waals surface area contributed by atoms with Gasteiger partial charge in [-0.1, -0.05) is 0 Å². The van der Waals surface area contributed by atoms with Crippen LogP contribution >= 0.6 is 31.9 Å². The predicted octanol–water partition coefficient (Wildman–Crippen LogP) is 3.78. The Morgan fingerprint density at radius 2 is 1.72 bits per heavy atom. The molecule has 7 heteroatoms. The number of aromatic nitrogens is 2. The molecule has 3 nitrogen and oxygen atoms in total. The molecule has 18 heavy (non-hydrogen) atoms. The summed E-state index contributed by atoms with van der Waals surface area (Å²) in [5, 5.41) is 0. The quantitative estimate of drug-likeness (QED) is 0.708. The molecule has 0 amide bonds. The molecular formula is C11H6Br2F2N2O. The minimum absolute atomic E-state index is 0.00926. The van der Waals surface area contributed by atoms with E-state index in [1.807, 2.05) is 0 Å². The Labute approximate surface area is 119 Å². The van der Waals surface area contributed by atoms with Gasteiger partial charge in [-0.2, -0.15) is 0 Å². The number of hydrogen-bond donors (Lipinski definition) is 0. The highest BCUT2D eigenvalue weighted by atomic mass is 79.9. The summed E-state index contributed by atoms with van der Waals surface area (Å²) in [6.45, 7) is 0. The second kappa shape index (κ2) is 7.27. The van der Waals surface area contributed by atoms with E-state index in [9.17, 15) is 13.6 Å². The van der Waals surface area contributed by atoms with Crippen LogP contribution < -0.4 is 0 Å². The van der Waals surface area contributed by atoms with E-state index in [1.54, 1.807) is 0 Å². The number of carbonyl (C=O) groups is 1. The highest BCUT2D eigenvalue weighted by Gasteiger charge is 2.03. The molecule has 2 rings (SSSR count). The lowest BCUT2D eigenvalue weighted by atomic mass is 10.3. The SMILES string of the molecule is Fc1cncc(Br)c1.O=Cc1c(F)cncc1Br. The van der Waals surface area contributed by atoms with Gasteiger partial charge >= 0.3 is 0 Å². The zero-order chi connectivity index (χ0) is 13.5. The second-order valence-corrected chi connectivity index (χ2v) is 4.73. The first-order valence-corrected chi connectivity index (χ1v) is 6.13. The Balaban J connectivity index is 0.000000184. The highest BCUT2D eigenvalue weighted by Crippen LogP contribution is 2.15. The molecule has 0 atom stereocenters. The molecule has 0 aliphatic rings. The highest BCUT2D eigenvalue weighted by molar-refractivity contribution is 9.10. The van der Waals surface area contributed by atoms with E-state index in [0.717, 1.165) is 12.4 Å². The monoisotopic (exact) mass is 378 g/mol. The molecule has 0 saturated carbocycles. The maximum absolute atomic E-state index is 12.5. The van der Waals surface area contributed by atoms with Gasteiger partial charge in [0.25, 0.3) is 0 Å². The normalized spacial score (nSPS) is 9.33. The first-order valence-electron chi connectivity index (χ1n) is 4.55. The van der Waals surface area contributed by atoms with Gasteiger partial charge in [-0.05, 0) is 37.9 Å². The standard InChI is InChI=1S/C6H3BrFNO.C5H3BrFN/c7-5-1-9-2-6(8)4(5)3-10;6-4-1-5(7)3-8-2-4/h1-3H;1-3H. The molecule has 0 N–H and O–H groups in total. The lowest BCUT2D eigenvalue weighted by Crippen LogP contribution is -1.89. The van der Waals surface area contributed by atoms with Gasteiger partial charge in [0.1, 0.15) is 5.82 Å². The van der Waals surface area contributed by atoms with Crippen LogP contribution in [0.4, 0.5) is 8.78 Å². The Bertz CT molecular complexity index is 515. The molecule has 0 fully saturated rings. The Hall–Kier alpha value is -1.21. The van der Waals surface area contributed by atoms with E-state index >= 15 is 0 Å². The van der Waals surface area contributed by atoms with Crippen molar-refractivity contribution in [3.05, 3.63) is 57.0 Å². The Morgan fingerprint density at radius 3 is 2.11 bits per heavy atom. The maximum atomic E-state index is 12.5. The molecule has 0 saturated heterocycles. The number of rotatable bonds is 1. The number of pyridine rings is 2. The van der Waals surface area contributed by atoms with Crippen LogP contribution in [0.3, 0.4) is 0 Å². The van der Waals surface area contributed by atoms with Gasteiger partial charge in [0, 0.05) is 21.3 Å². The van der Waals surface area contributed by atoms with Gasteiger partial charge in [0.2, 0.25) is 0 Å². The third-order valence-electron chi connectivity index (χ3n) is 1.68. The van der Waals surface area contributed by atoms with Crippen molar-refractivity contribution in [2.24, 2.45) is 0 Å². The van der Waals surface area contributed by atoms with Crippen LogP contribution in [0.25, 0.3) is 0 Å². The van der Waals surface area contributed by atoms with Crippen LogP contribution in [0.1, 0.15) is 10.4 Å². The number of carbonyl (C=O) groups excluding carboxylic acids is 1. The summed E-state index contributed by atoms with van der Waals surface area (Å²) < 4.78 is 25.6. The smallest absolute Gasteiger partial charge is 0.154 e. The molecule has 94 valence electrons. The second-order valence-electron chi connectivity index (χ2n) is 2.96. The third kappa shape index (κ3) is 4.58. The van der Waals surface area contributed by atoms with Crippen molar-refractivity contribution < 1.29 is 13.6 Å². The average molecular weight is 380 g/mol. The lowest BCUT2D eigenvalue weighted by molar-refractivity contribution is 0.111. The van der Waals surface area contributed by atoms with Crippen molar-refractivity contribution in [1.82, 2.24) is 9.97 Å². The van der Waals surface area contributed by atoms with E-state index in [-0.39, 0.29) is 11.4 Å². The largest absolute Gasteiger partial charge is 0.298 e. The fraction of sp³-hybridized carbons (Fsp3) is 0. The fourth-order valence-corrected chi connectivity index (χ4v) is 1.66. The van der Waals surface area contributed by atoms with Crippen LogP contribution in [-0.4, -0.2) is 16.3 Å². The van der Waals surface area contributed by atoms with Crippen molar-refractivity contribution in [2.75, 3.05) is 0 Å². The Kier molecular flexibility index (Phi) is 6.00. The molecular weight excluding hydrogens is 374 g/mol. The van der Waals surface area contributed by atoms with Crippen molar-refractivity contribution in [2.45, 2.75) is 0 Å². The summed E-state index contributed by atoms with van der Waals surface area (Å²) in [4.78, 5) is 17.2. The summed E-state index contributed by atoms with van der Waals surface area (Å²) in [5.74, 6) is -0.927. The van der Waals surface area contributed by atoms with Gasteiger partial charge in [-0.25, -0.2) is 8.78 Å². The van der Waals surface area contributed by atoms with Gasteiger partial charge < -0.3 is 0 Å². The first kappa shape index (κ1) is 14.8. The van der Waals surface area contributed by atoms with Gasteiger partial charge in [-0.15, -0.1) is 0 Å². The average Bonchev–Trinajstić information content (AvgIpc) is 2.29. The molecule has 0 aliphatic carbocycles. The number of halogens is 4. The van der Waals surface area contributed by atoms with Crippen LogP contribution in [0.15, 0.2) is 39.8 Å².